The van der Waals surface area contributed by atoms with E-state index in [2.05, 4.69) is 6.92 Å². The summed E-state index contributed by atoms with van der Waals surface area (Å²) in [6.45, 7) is 4.45. The monoisotopic (exact) mass is 312 g/mol. The standard InChI is InChI=1S/C13H25ClO4S/c1-2-3-8-17-9-10-18-11-13(6-4-5-7-13)12-19(14,15)16/h2-12H2,1H3. The Morgan fingerprint density at radius 1 is 1.11 bits per heavy atom. The smallest absolute Gasteiger partial charge is 0.233 e. The van der Waals surface area contributed by atoms with Crippen molar-refractivity contribution in [3.8, 4) is 0 Å². The molecule has 0 unspecified atom stereocenters. The summed E-state index contributed by atoms with van der Waals surface area (Å²) in [4.78, 5) is 0. The molecular formula is C13H25ClO4S. The van der Waals surface area contributed by atoms with Crippen LogP contribution >= 0.6 is 10.7 Å². The van der Waals surface area contributed by atoms with Gasteiger partial charge < -0.3 is 9.47 Å². The van der Waals surface area contributed by atoms with Crippen LogP contribution in [-0.2, 0) is 18.5 Å². The Hall–Kier alpha value is 0.160. The van der Waals surface area contributed by atoms with Gasteiger partial charge in [0.25, 0.3) is 0 Å². The van der Waals surface area contributed by atoms with Crippen LogP contribution < -0.4 is 0 Å². The SMILES string of the molecule is CCCCOCCOCC1(CS(=O)(=O)Cl)CCCC1. The molecule has 0 amide bonds. The number of halogens is 1. The van der Waals surface area contributed by atoms with E-state index in [1.165, 1.54) is 0 Å². The first-order valence-corrected chi connectivity index (χ1v) is 9.53. The van der Waals surface area contributed by atoms with E-state index in [4.69, 9.17) is 20.2 Å². The first-order valence-electron chi connectivity index (χ1n) is 7.05. The molecule has 1 rings (SSSR count). The normalized spacial score (nSPS) is 18.8. The maximum absolute atomic E-state index is 11.3. The molecular weight excluding hydrogens is 288 g/mol. The second kappa shape index (κ2) is 8.45. The number of unbranched alkanes of at least 4 members (excludes halogenated alkanes) is 1. The number of rotatable bonds is 10. The molecule has 0 aromatic rings. The molecule has 19 heavy (non-hydrogen) atoms. The lowest BCUT2D eigenvalue weighted by atomic mass is 9.90. The average Bonchev–Trinajstić information content (AvgIpc) is 2.74. The molecule has 0 radical (unpaired) electrons. The zero-order valence-electron chi connectivity index (χ0n) is 11.7. The fourth-order valence-electron chi connectivity index (χ4n) is 2.58. The van der Waals surface area contributed by atoms with E-state index < -0.39 is 9.05 Å². The fraction of sp³-hybridized carbons (Fsp3) is 1.00. The third kappa shape index (κ3) is 7.49. The van der Waals surface area contributed by atoms with E-state index in [9.17, 15) is 8.42 Å². The third-order valence-corrected chi connectivity index (χ3v) is 4.85. The average molecular weight is 313 g/mol. The maximum atomic E-state index is 11.3. The second-order valence-corrected chi connectivity index (χ2v) is 8.19. The molecule has 0 spiro atoms. The largest absolute Gasteiger partial charge is 0.379 e. The predicted octanol–water partition coefficient (Wildman–Crippen LogP) is 2.95. The lowest BCUT2D eigenvalue weighted by Gasteiger charge is -2.27. The van der Waals surface area contributed by atoms with E-state index in [0.29, 0.717) is 19.8 Å². The quantitative estimate of drug-likeness (QED) is 0.460. The van der Waals surface area contributed by atoms with Crippen molar-refractivity contribution >= 4 is 19.7 Å². The minimum Gasteiger partial charge on any atom is -0.379 e. The Morgan fingerprint density at radius 3 is 2.32 bits per heavy atom. The van der Waals surface area contributed by atoms with Gasteiger partial charge >= 0.3 is 0 Å². The molecule has 1 aliphatic carbocycles. The van der Waals surface area contributed by atoms with Crippen LogP contribution in [0.15, 0.2) is 0 Å². The number of ether oxygens (including phenoxy) is 2. The van der Waals surface area contributed by atoms with Crippen LogP contribution in [0.25, 0.3) is 0 Å². The second-order valence-electron chi connectivity index (χ2n) is 5.41. The first kappa shape index (κ1) is 17.2. The van der Waals surface area contributed by atoms with E-state index in [1.807, 2.05) is 0 Å². The Balaban J connectivity index is 2.23. The van der Waals surface area contributed by atoms with Crippen molar-refractivity contribution in [3.05, 3.63) is 0 Å². The molecule has 0 aliphatic heterocycles. The van der Waals surface area contributed by atoms with Gasteiger partial charge in [0.1, 0.15) is 0 Å². The van der Waals surface area contributed by atoms with Crippen molar-refractivity contribution in [2.45, 2.75) is 45.4 Å². The molecule has 0 aromatic heterocycles. The molecule has 0 aromatic carbocycles. The highest BCUT2D eigenvalue weighted by Gasteiger charge is 2.38. The summed E-state index contributed by atoms with van der Waals surface area (Å²) in [5, 5.41) is 0. The molecule has 1 aliphatic rings. The van der Waals surface area contributed by atoms with Gasteiger partial charge in [-0.2, -0.15) is 0 Å². The molecule has 6 heteroatoms. The summed E-state index contributed by atoms with van der Waals surface area (Å²) < 4.78 is 33.6. The summed E-state index contributed by atoms with van der Waals surface area (Å²) in [6.07, 6.45) is 6.07. The topological polar surface area (TPSA) is 52.6 Å². The zero-order valence-corrected chi connectivity index (χ0v) is 13.3. The van der Waals surface area contributed by atoms with Crippen LogP contribution in [-0.4, -0.2) is 40.6 Å². The van der Waals surface area contributed by atoms with Gasteiger partial charge in [-0.25, -0.2) is 8.42 Å². The van der Waals surface area contributed by atoms with Crippen molar-refractivity contribution < 1.29 is 17.9 Å². The summed E-state index contributed by atoms with van der Waals surface area (Å²) in [7, 11) is 1.93. The first-order chi connectivity index (χ1) is 8.97. The Labute approximate surface area is 121 Å². The molecule has 0 bridgehead atoms. The predicted molar refractivity (Wildman–Crippen MR) is 77.1 cm³/mol. The summed E-state index contributed by atoms with van der Waals surface area (Å²) in [5.41, 5.74) is -0.274. The summed E-state index contributed by atoms with van der Waals surface area (Å²) in [5.74, 6) is 0.0260. The van der Waals surface area contributed by atoms with E-state index >= 15 is 0 Å². The van der Waals surface area contributed by atoms with Gasteiger partial charge in [-0.3, -0.25) is 0 Å². The molecule has 0 N–H and O–H groups in total. The van der Waals surface area contributed by atoms with Crippen LogP contribution in [0.4, 0.5) is 0 Å². The van der Waals surface area contributed by atoms with Crippen LogP contribution in [0.5, 0.6) is 0 Å². The van der Waals surface area contributed by atoms with Gasteiger partial charge in [0.15, 0.2) is 0 Å². The molecule has 0 saturated heterocycles. The number of hydrogen-bond donors (Lipinski definition) is 0. The van der Waals surface area contributed by atoms with Gasteiger partial charge in [0, 0.05) is 22.7 Å². The van der Waals surface area contributed by atoms with Crippen LogP contribution in [0.1, 0.15) is 45.4 Å². The number of hydrogen-bond acceptors (Lipinski definition) is 4. The maximum Gasteiger partial charge on any atom is 0.233 e. The molecule has 114 valence electrons. The minimum atomic E-state index is -3.46. The van der Waals surface area contributed by atoms with Crippen molar-refractivity contribution in [3.63, 3.8) is 0 Å². The van der Waals surface area contributed by atoms with Crippen molar-refractivity contribution in [2.75, 3.05) is 32.2 Å². The van der Waals surface area contributed by atoms with Crippen molar-refractivity contribution in [1.29, 1.82) is 0 Å². The highest BCUT2D eigenvalue weighted by Crippen LogP contribution is 2.40. The molecule has 1 saturated carbocycles. The third-order valence-electron chi connectivity index (χ3n) is 3.57. The molecule has 4 nitrogen and oxygen atoms in total. The lowest BCUT2D eigenvalue weighted by Crippen LogP contribution is -2.31. The summed E-state index contributed by atoms with van der Waals surface area (Å²) in [6, 6.07) is 0. The van der Waals surface area contributed by atoms with Crippen molar-refractivity contribution in [2.24, 2.45) is 5.41 Å². The highest BCUT2D eigenvalue weighted by molar-refractivity contribution is 8.13. The van der Waals surface area contributed by atoms with Gasteiger partial charge in [-0.15, -0.1) is 0 Å². The highest BCUT2D eigenvalue weighted by atomic mass is 35.7. The van der Waals surface area contributed by atoms with Crippen LogP contribution in [0, 0.1) is 5.41 Å². The van der Waals surface area contributed by atoms with Gasteiger partial charge in [-0.1, -0.05) is 26.2 Å². The summed E-state index contributed by atoms with van der Waals surface area (Å²) >= 11 is 0. The molecule has 0 heterocycles. The van der Waals surface area contributed by atoms with Gasteiger partial charge in [-0.05, 0) is 19.3 Å². The van der Waals surface area contributed by atoms with Crippen LogP contribution in [0.3, 0.4) is 0 Å². The van der Waals surface area contributed by atoms with Gasteiger partial charge in [0.05, 0.1) is 25.6 Å². The Morgan fingerprint density at radius 2 is 1.74 bits per heavy atom. The molecule has 1 fully saturated rings. The minimum absolute atomic E-state index is 0.0260. The van der Waals surface area contributed by atoms with Gasteiger partial charge in [0.2, 0.25) is 9.05 Å². The van der Waals surface area contributed by atoms with E-state index in [-0.39, 0.29) is 11.2 Å². The van der Waals surface area contributed by atoms with Crippen molar-refractivity contribution in [1.82, 2.24) is 0 Å². The lowest BCUT2D eigenvalue weighted by molar-refractivity contribution is 0.0121. The Kier molecular flexibility index (Phi) is 7.65. The van der Waals surface area contributed by atoms with Crippen LogP contribution in [0.2, 0.25) is 0 Å². The zero-order chi connectivity index (χ0) is 14.2. The van der Waals surface area contributed by atoms with E-state index in [0.717, 1.165) is 45.1 Å². The fourth-order valence-corrected chi connectivity index (χ4v) is 4.37. The van der Waals surface area contributed by atoms with E-state index in [1.54, 1.807) is 0 Å². The molecule has 0 atom stereocenters. The Bertz CT molecular complexity index is 337.